The van der Waals surface area contributed by atoms with Gasteiger partial charge in [0.1, 0.15) is 12.2 Å². The molecule has 0 aliphatic rings. The van der Waals surface area contributed by atoms with E-state index in [-0.39, 0.29) is 12.8 Å². The van der Waals surface area contributed by atoms with Crippen LogP contribution in [-0.2, 0) is 32.7 Å². The van der Waals surface area contributed by atoms with Crippen molar-refractivity contribution in [1.82, 2.24) is 0 Å². The number of hydrogen-bond donors (Lipinski definition) is 3. The number of rotatable bonds is 37. The van der Waals surface area contributed by atoms with E-state index in [1.54, 1.807) is 0 Å². The molecule has 0 spiro atoms. The second-order valence-electron chi connectivity index (χ2n) is 13.3. The third-order valence-electron chi connectivity index (χ3n) is 8.32. The van der Waals surface area contributed by atoms with Crippen LogP contribution >= 0.6 is 7.82 Å². The van der Waals surface area contributed by atoms with Crippen LogP contribution in [0.1, 0.15) is 168 Å². The lowest BCUT2D eigenvalue weighted by molar-refractivity contribution is -0.153. The minimum Gasteiger partial charge on any atom is -0.457 e. The molecule has 0 aliphatic heterocycles. The predicted molar refractivity (Wildman–Crippen MR) is 205 cm³/mol. The van der Waals surface area contributed by atoms with E-state index in [0.29, 0.717) is 12.8 Å². The second-order valence-corrected chi connectivity index (χ2v) is 14.7. The number of phosphoric acid groups is 1. The molecule has 0 rings (SSSR count). The number of phosphoric ester groups is 1. The Morgan fingerprint density at radius 3 is 1.29 bits per heavy atom. The Hall–Kier alpha value is -1.81. The summed E-state index contributed by atoms with van der Waals surface area (Å²) in [6.07, 6.45) is 35.4. The molecule has 51 heavy (non-hydrogen) atoms. The highest BCUT2D eigenvalue weighted by Gasteiger charge is 2.27. The molecule has 0 heterocycles. The highest BCUT2D eigenvalue weighted by molar-refractivity contribution is 7.47. The van der Waals surface area contributed by atoms with Gasteiger partial charge < -0.3 is 24.6 Å². The lowest BCUT2D eigenvalue weighted by Crippen LogP contribution is -2.28. The molecule has 3 N–H and O–H groups in total. The molecule has 0 radical (unpaired) electrons. The van der Waals surface area contributed by atoms with Crippen molar-refractivity contribution in [2.24, 2.45) is 0 Å². The molecule has 10 nitrogen and oxygen atoms in total. The fraction of sp³-hybridized carbons (Fsp3) is 0.800. The molecule has 3 atom stereocenters. The Morgan fingerprint density at radius 1 is 0.529 bits per heavy atom. The SMILES string of the molecule is CCCC/C=C\C/C=C\CCCCCCCC(=O)OC(CO)COP(=O)(O)OCC(CO)OC(=O)CCCCCCC/C=C\CCCCCCC. The summed E-state index contributed by atoms with van der Waals surface area (Å²) in [5.41, 5.74) is 0. The zero-order valence-corrected chi connectivity index (χ0v) is 33.0. The van der Waals surface area contributed by atoms with Crippen LogP contribution in [0.15, 0.2) is 36.5 Å². The van der Waals surface area contributed by atoms with Crippen molar-refractivity contribution in [2.45, 2.75) is 180 Å². The van der Waals surface area contributed by atoms with Crippen LogP contribution in [0.25, 0.3) is 0 Å². The van der Waals surface area contributed by atoms with Crippen LogP contribution in [0.2, 0.25) is 0 Å². The smallest absolute Gasteiger partial charge is 0.457 e. The zero-order valence-electron chi connectivity index (χ0n) is 32.1. The van der Waals surface area contributed by atoms with Gasteiger partial charge in [-0.3, -0.25) is 18.6 Å². The molecular formula is C40H73O10P. The summed E-state index contributed by atoms with van der Waals surface area (Å²) in [7, 11) is -4.64. The largest absolute Gasteiger partial charge is 0.472 e. The number of unbranched alkanes of at least 4 members (excludes halogenated alkanes) is 17. The van der Waals surface area contributed by atoms with Gasteiger partial charge in [-0.15, -0.1) is 0 Å². The number of aliphatic hydroxyl groups is 2. The summed E-state index contributed by atoms with van der Waals surface area (Å²) in [5, 5.41) is 19.1. The number of aliphatic hydroxyl groups excluding tert-OH is 2. The summed E-state index contributed by atoms with van der Waals surface area (Å²) in [5.74, 6) is -1.04. The lowest BCUT2D eigenvalue weighted by Gasteiger charge is -2.20. The zero-order chi connectivity index (χ0) is 37.7. The molecule has 0 aromatic carbocycles. The Morgan fingerprint density at radius 2 is 0.882 bits per heavy atom. The van der Waals surface area contributed by atoms with Gasteiger partial charge in [-0.05, 0) is 64.2 Å². The first-order valence-corrected chi connectivity index (χ1v) is 21.4. The molecule has 3 unspecified atom stereocenters. The number of allylic oxidation sites excluding steroid dienone is 6. The fourth-order valence-electron chi connectivity index (χ4n) is 5.18. The summed E-state index contributed by atoms with van der Waals surface area (Å²) < 4.78 is 32.5. The summed E-state index contributed by atoms with van der Waals surface area (Å²) in [4.78, 5) is 34.4. The first kappa shape index (κ1) is 49.2. The predicted octanol–water partition coefficient (Wildman–Crippen LogP) is 10.00. The first-order chi connectivity index (χ1) is 24.8. The van der Waals surface area contributed by atoms with Gasteiger partial charge in [-0.25, -0.2) is 4.57 Å². The van der Waals surface area contributed by atoms with E-state index in [4.69, 9.17) is 18.5 Å². The Bertz CT molecular complexity index is 952. The van der Waals surface area contributed by atoms with E-state index in [9.17, 15) is 29.3 Å². The van der Waals surface area contributed by atoms with E-state index in [1.165, 1.54) is 44.9 Å². The molecule has 0 bridgehead atoms. The summed E-state index contributed by atoms with van der Waals surface area (Å²) in [6.45, 7) is 2.12. The molecule has 0 aliphatic carbocycles. The van der Waals surface area contributed by atoms with Gasteiger partial charge in [0.15, 0.2) is 0 Å². The Labute approximate surface area is 310 Å². The standard InChI is InChI=1S/C40H73O10P/c1-3-5-7-9-11-13-15-17-19-21-23-25-27-29-31-39(43)49-37(33-41)35-47-51(45,46)48-36-38(34-42)50-40(44)32-30-28-26-24-22-20-18-16-14-12-10-8-6-4-2/h9,11,15-18,37-38,41-42H,3-8,10,12-14,19-36H2,1-2H3,(H,45,46)/b11-9-,17-15-,18-16-. The van der Waals surface area contributed by atoms with Gasteiger partial charge in [0.05, 0.1) is 26.4 Å². The van der Waals surface area contributed by atoms with Crippen LogP contribution in [0, 0.1) is 0 Å². The van der Waals surface area contributed by atoms with Crippen LogP contribution < -0.4 is 0 Å². The molecule has 0 amide bonds. The van der Waals surface area contributed by atoms with Crippen molar-refractivity contribution in [3.63, 3.8) is 0 Å². The normalized spacial score (nSPS) is 14.4. The van der Waals surface area contributed by atoms with E-state index >= 15 is 0 Å². The minimum atomic E-state index is -4.64. The number of hydrogen-bond acceptors (Lipinski definition) is 9. The molecule has 298 valence electrons. The Balaban J connectivity index is 4.00. The fourth-order valence-corrected chi connectivity index (χ4v) is 5.97. The maximum absolute atomic E-state index is 12.3. The van der Waals surface area contributed by atoms with Crippen molar-refractivity contribution in [1.29, 1.82) is 0 Å². The lowest BCUT2D eigenvalue weighted by atomic mass is 10.1. The monoisotopic (exact) mass is 744 g/mol. The van der Waals surface area contributed by atoms with Gasteiger partial charge in [-0.1, -0.05) is 127 Å². The van der Waals surface area contributed by atoms with Crippen molar-refractivity contribution in [3.05, 3.63) is 36.5 Å². The van der Waals surface area contributed by atoms with Crippen LogP contribution in [0.5, 0.6) is 0 Å². The highest BCUT2D eigenvalue weighted by atomic mass is 31.2. The number of esters is 2. The average Bonchev–Trinajstić information content (AvgIpc) is 3.12. The molecule has 0 aromatic heterocycles. The van der Waals surface area contributed by atoms with E-state index in [1.807, 2.05) is 0 Å². The van der Waals surface area contributed by atoms with Crippen molar-refractivity contribution < 1.29 is 47.8 Å². The summed E-state index contributed by atoms with van der Waals surface area (Å²) in [6, 6.07) is 0. The van der Waals surface area contributed by atoms with Crippen molar-refractivity contribution in [3.8, 4) is 0 Å². The minimum absolute atomic E-state index is 0.175. The van der Waals surface area contributed by atoms with E-state index in [2.05, 4.69) is 50.3 Å². The quantitative estimate of drug-likeness (QED) is 0.0243. The van der Waals surface area contributed by atoms with Gasteiger partial charge in [0.2, 0.25) is 0 Å². The maximum Gasteiger partial charge on any atom is 0.472 e. The maximum atomic E-state index is 12.3. The number of carbonyl (C=O) groups excluding carboxylic acids is 2. The molecular weight excluding hydrogens is 671 g/mol. The number of ether oxygens (including phenoxy) is 2. The molecule has 0 aromatic rings. The third-order valence-corrected chi connectivity index (χ3v) is 9.28. The molecule has 0 saturated carbocycles. The molecule has 0 fully saturated rings. The topological polar surface area (TPSA) is 149 Å². The third kappa shape index (κ3) is 35.0. The molecule has 0 saturated heterocycles. The van der Waals surface area contributed by atoms with E-state index in [0.717, 1.165) is 83.5 Å². The average molecular weight is 745 g/mol. The first-order valence-electron chi connectivity index (χ1n) is 19.9. The van der Waals surface area contributed by atoms with Crippen molar-refractivity contribution in [2.75, 3.05) is 26.4 Å². The van der Waals surface area contributed by atoms with Crippen LogP contribution in [0.4, 0.5) is 0 Å². The summed E-state index contributed by atoms with van der Waals surface area (Å²) >= 11 is 0. The highest BCUT2D eigenvalue weighted by Crippen LogP contribution is 2.43. The molecule has 11 heteroatoms. The van der Waals surface area contributed by atoms with Gasteiger partial charge in [0.25, 0.3) is 0 Å². The van der Waals surface area contributed by atoms with Crippen LogP contribution in [-0.4, -0.2) is 65.7 Å². The second kappa shape index (κ2) is 36.5. The van der Waals surface area contributed by atoms with Crippen molar-refractivity contribution >= 4 is 19.8 Å². The Kier molecular flexibility index (Phi) is 35.2. The van der Waals surface area contributed by atoms with Crippen LogP contribution in [0.3, 0.4) is 0 Å². The van der Waals surface area contributed by atoms with Gasteiger partial charge in [0, 0.05) is 12.8 Å². The number of carbonyl (C=O) groups is 2. The van der Waals surface area contributed by atoms with E-state index < -0.39 is 58.4 Å². The van der Waals surface area contributed by atoms with Gasteiger partial charge in [-0.2, -0.15) is 0 Å². The van der Waals surface area contributed by atoms with Gasteiger partial charge >= 0.3 is 19.8 Å².